The number of benzene rings is 2. The molecule has 210 valence electrons. The Hall–Kier alpha value is -2.16. The monoisotopic (exact) mass is 603 g/mol. The zero-order chi connectivity index (χ0) is 24.9. The molecule has 1 amide bonds. The molecular weight excluding hydrogens is 568 g/mol. The zero-order valence-electron chi connectivity index (χ0n) is 22.2. The third-order valence-corrected chi connectivity index (χ3v) is 7.12. The third kappa shape index (κ3) is 7.70. The summed E-state index contributed by atoms with van der Waals surface area (Å²) in [7, 11) is 1.65. The van der Waals surface area contributed by atoms with Crippen molar-refractivity contribution >= 4 is 60.4 Å². The summed E-state index contributed by atoms with van der Waals surface area (Å²) < 4.78 is 7.24. The first-order chi connectivity index (χ1) is 16.9. The largest absolute Gasteiger partial charge is 0.497 e. The Morgan fingerprint density at radius 1 is 1.00 bits per heavy atom. The van der Waals surface area contributed by atoms with Crippen LogP contribution in [-0.4, -0.2) is 66.7 Å². The van der Waals surface area contributed by atoms with Crippen molar-refractivity contribution < 1.29 is 9.53 Å². The average molecular weight is 605 g/mol. The first-order valence-electron chi connectivity index (χ1n) is 12.1. The maximum atomic E-state index is 12.8. The van der Waals surface area contributed by atoms with Gasteiger partial charge >= 0.3 is 0 Å². The minimum absolute atomic E-state index is 0. The van der Waals surface area contributed by atoms with Crippen LogP contribution in [-0.2, 0) is 0 Å². The summed E-state index contributed by atoms with van der Waals surface area (Å²) in [6.07, 6.45) is 0.902. The molecule has 4 rings (SSSR count). The number of imidazole rings is 1. The molecule has 0 spiro atoms. The van der Waals surface area contributed by atoms with Crippen LogP contribution >= 0.6 is 48.8 Å². The summed E-state index contributed by atoms with van der Waals surface area (Å²) in [5.41, 5.74) is 4.63. The minimum Gasteiger partial charge on any atom is -0.497 e. The van der Waals surface area contributed by atoms with Gasteiger partial charge in [-0.1, -0.05) is 17.7 Å². The Balaban J connectivity index is 0.00000241. The number of hydrogen-bond donors (Lipinski definition) is 1. The van der Waals surface area contributed by atoms with E-state index < -0.39 is 0 Å². The molecule has 0 unspecified atom stereocenters. The molecule has 0 bridgehead atoms. The second kappa shape index (κ2) is 15.4. The van der Waals surface area contributed by atoms with Gasteiger partial charge < -0.3 is 19.5 Å². The van der Waals surface area contributed by atoms with Crippen molar-refractivity contribution in [1.82, 2.24) is 19.8 Å². The van der Waals surface area contributed by atoms with E-state index in [9.17, 15) is 4.79 Å². The smallest absolute Gasteiger partial charge is 0.271 e. The molecule has 7 nitrogen and oxygen atoms in total. The van der Waals surface area contributed by atoms with Gasteiger partial charge in [0, 0.05) is 49.1 Å². The van der Waals surface area contributed by atoms with E-state index in [1.54, 1.807) is 7.11 Å². The van der Waals surface area contributed by atoms with E-state index in [1.165, 1.54) is 5.69 Å². The van der Waals surface area contributed by atoms with Gasteiger partial charge in [0.15, 0.2) is 0 Å². The van der Waals surface area contributed by atoms with E-state index in [0.29, 0.717) is 12.2 Å². The van der Waals surface area contributed by atoms with E-state index in [0.717, 1.165) is 72.7 Å². The molecule has 38 heavy (non-hydrogen) atoms. The lowest BCUT2D eigenvalue weighted by Gasteiger charge is -2.37. The maximum Gasteiger partial charge on any atom is 0.271 e. The molecule has 2 aromatic carbocycles. The van der Waals surface area contributed by atoms with Crippen LogP contribution in [0.25, 0.3) is 5.69 Å². The van der Waals surface area contributed by atoms with Crippen LogP contribution in [0.5, 0.6) is 5.75 Å². The van der Waals surface area contributed by atoms with Crippen LogP contribution in [0.15, 0.2) is 42.5 Å². The fourth-order valence-electron chi connectivity index (χ4n) is 4.71. The zero-order valence-corrected chi connectivity index (χ0v) is 25.4. The van der Waals surface area contributed by atoms with Crippen LogP contribution in [0.3, 0.4) is 0 Å². The second-order valence-electron chi connectivity index (χ2n) is 8.95. The van der Waals surface area contributed by atoms with E-state index in [4.69, 9.17) is 16.3 Å². The first kappa shape index (κ1) is 33.9. The SMILES string of the molecule is COc1ccc(-n2c(C)nc(C(=O)NCCCN3CCN(c4cccc(Cl)c4C)CC3)c2C)cc1.Cl.Cl.Cl. The number of halogens is 4. The summed E-state index contributed by atoms with van der Waals surface area (Å²) in [5, 5.41) is 3.87. The molecule has 1 fully saturated rings. The molecule has 3 aromatic rings. The van der Waals surface area contributed by atoms with Crippen molar-refractivity contribution in [2.45, 2.75) is 27.2 Å². The van der Waals surface area contributed by atoms with Crippen LogP contribution in [0.1, 0.15) is 34.0 Å². The lowest BCUT2D eigenvalue weighted by molar-refractivity contribution is 0.0946. The standard InChI is InChI=1S/C27H34ClN5O2.3ClH/c1-19-24(28)7-5-8-25(19)32-17-15-31(16-18-32)14-6-13-29-27(34)26-20(2)33(21(3)30-26)22-9-11-23(35-4)12-10-22;;;/h5,7-12H,6,13-18H2,1-4H3,(H,29,34);3*1H. The number of ether oxygens (including phenoxy) is 1. The number of aromatic nitrogens is 2. The van der Waals surface area contributed by atoms with Gasteiger partial charge in [-0.25, -0.2) is 4.98 Å². The number of piperazine rings is 1. The fraction of sp³-hybridized carbons (Fsp3) is 0.407. The highest BCUT2D eigenvalue weighted by Gasteiger charge is 2.20. The van der Waals surface area contributed by atoms with E-state index >= 15 is 0 Å². The number of nitrogens with zero attached hydrogens (tertiary/aromatic N) is 4. The Morgan fingerprint density at radius 2 is 1.66 bits per heavy atom. The van der Waals surface area contributed by atoms with Crippen molar-refractivity contribution in [2.24, 2.45) is 0 Å². The molecular formula is C27H37Cl4N5O2. The lowest BCUT2D eigenvalue weighted by atomic mass is 10.1. The van der Waals surface area contributed by atoms with E-state index in [-0.39, 0.29) is 43.1 Å². The Kier molecular flexibility index (Phi) is 13.8. The normalized spacial score (nSPS) is 13.1. The van der Waals surface area contributed by atoms with Gasteiger partial charge in [0.05, 0.1) is 12.8 Å². The Morgan fingerprint density at radius 3 is 2.29 bits per heavy atom. The molecule has 1 N–H and O–H groups in total. The molecule has 1 aliphatic rings. The molecule has 0 aliphatic carbocycles. The number of nitrogens with one attached hydrogen (secondary N) is 1. The third-order valence-electron chi connectivity index (χ3n) is 6.71. The second-order valence-corrected chi connectivity index (χ2v) is 9.36. The summed E-state index contributed by atoms with van der Waals surface area (Å²) >= 11 is 6.30. The van der Waals surface area contributed by atoms with Crippen molar-refractivity contribution in [3.05, 3.63) is 70.3 Å². The quantitative estimate of drug-likeness (QED) is 0.336. The molecule has 0 saturated carbocycles. The molecule has 1 aromatic heterocycles. The van der Waals surface area contributed by atoms with Crippen LogP contribution in [0.4, 0.5) is 5.69 Å². The molecule has 2 heterocycles. The number of rotatable bonds is 8. The number of anilines is 1. The van der Waals surface area contributed by atoms with Crippen LogP contribution < -0.4 is 15.0 Å². The number of hydrogen-bond acceptors (Lipinski definition) is 5. The molecule has 11 heteroatoms. The van der Waals surface area contributed by atoms with E-state index in [1.807, 2.05) is 54.8 Å². The average Bonchev–Trinajstić information content (AvgIpc) is 3.17. The van der Waals surface area contributed by atoms with Gasteiger partial charge in [0.2, 0.25) is 0 Å². The van der Waals surface area contributed by atoms with E-state index in [2.05, 4.69) is 33.1 Å². The molecule has 1 aliphatic heterocycles. The van der Waals surface area contributed by atoms with Crippen LogP contribution in [0, 0.1) is 20.8 Å². The number of carbonyl (C=O) groups excluding carboxylic acids is 1. The summed E-state index contributed by atoms with van der Waals surface area (Å²) in [4.78, 5) is 22.2. The maximum absolute atomic E-state index is 12.8. The predicted octanol–water partition coefficient (Wildman–Crippen LogP) is 5.67. The first-order valence-corrected chi connectivity index (χ1v) is 12.5. The highest BCUT2D eigenvalue weighted by Crippen LogP contribution is 2.27. The summed E-state index contributed by atoms with van der Waals surface area (Å²) in [6, 6.07) is 13.9. The van der Waals surface area contributed by atoms with Gasteiger partial charge in [-0.3, -0.25) is 9.69 Å². The highest BCUT2D eigenvalue weighted by molar-refractivity contribution is 6.31. The number of methoxy groups -OCH3 is 1. The van der Waals surface area contributed by atoms with Crippen LogP contribution in [0.2, 0.25) is 5.02 Å². The number of amides is 1. The number of carbonyl (C=O) groups is 1. The Bertz CT molecular complexity index is 1180. The lowest BCUT2D eigenvalue weighted by Crippen LogP contribution is -2.47. The summed E-state index contributed by atoms with van der Waals surface area (Å²) in [5.74, 6) is 1.45. The van der Waals surface area contributed by atoms with Gasteiger partial charge in [-0.15, -0.1) is 37.2 Å². The van der Waals surface area contributed by atoms with Crippen molar-refractivity contribution in [3.8, 4) is 11.4 Å². The minimum atomic E-state index is -0.126. The predicted molar refractivity (Wildman–Crippen MR) is 163 cm³/mol. The molecule has 0 atom stereocenters. The highest BCUT2D eigenvalue weighted by atomic mass is 35.5. The summed E-state index contributed by atoms with van der Waals surface area (Å²) in [6.45, 7) is 11.5. The molecule has 1 saturated heterocycles. The van der Waals surface area contributed by atoms with Gasteiger partial charge in [-0.2, -0.15) is 0 Å². The number of aryl methyl sites for hydroxylation is 1. The topological polar surface area (TPSA) is 62.6 Å². The fourth-order valence-corrected chi connectivity index (χ4v) is 4.88. The Labute approximate surface area is 249 Å². The van der Waals surface area contributed by atoms with Crippen molar-refractivity contribution in [1.29, 1.82) is 0 Å². The van der Waals surface area contributed by atoms with Gasteiger partial charge in [-0.05, 0) is 75.7 Å². The molecule has 0 radical (unpaired) electrons. The van der Waals surface area contributed by atoms with Crippen molar-refractivity contribution in [2.75, 3.05) is 51.3 Å². The van der Waals surface area contributed by atoms with Gasteiger partial charge in [0.25, 0.3) is 5.91 Å². The van der Waals surface area contributed by atoms with Gasteiger partial charge in [0.1, 0.15) is 17.3 Å². The van der Waals surface area contributed by atoms with Crippen molar-refractivity contribution in [3.63, 3.8) is 0 Å².